The van der Waals surface area contributed by atoms with E-state index < -0.39 is 0 Å². The molecule has 2 aliphatic rings. The molecule has 0 bridgehead atoms. The lowest BCUT2D eigenvalue weighted by molar-refractivity contribution is -0.120. The third-order valence-corrected chi connectivity index (χ3v) is 5.22. The fourth-order valence-electron chi connectivity index (χ4n) is 3.69. The van der Waals surface area contributed by atoms with Crippen LogP contribution in [0.4, 0.5) is 0 Å². The van der Waals surface area contributed by atoms with Gasteiger partial charge in [0.2, 0.25) is 5.91 Å². The Bertz CT molecular complexity index is 547. The van der Waals surface area contributed by atoms with Crippen molar-refractivity contribution in [2.75, 3.05) is 19.6 Å². The molecule has 1 N–H and O–H groups in total. The molecule has 1 aromatic rings. The Morgan fingerprint density at radius 1 is 1.21 bits per heavy atom. The summed E-state index contributed by atoms with van der Waals surface area (Å²) in [7, 11) is 0. The third-order valence-electron chi connectivity index (χ3n) is 5.22. The van der Waals surface area contributed by atoms with Crippen LogP contribution in [0.15, 0.2) is 36.2 Å². The molecule has 4 heteroatoms. The van der Waals surface area contributed by atoms with Crippen molar-refractivity contribution in [2.45, 2.75) is 51.5 Å². The lowest BCUT2D eigenvalue weighted by Crippen LogP contribution is -2.38. The monoisotopic (exact) mass is 327 g/mol. The number of hydrogen-bond donors (Lipinski definition) is 1. The van der Waals surface area contributed by atoms with Crippen molar-refractivity contribution in [2.24, 2.45) is 5.92 Å². The van der Waals surface area contributed by atoms with Gasteiger partial charge in [-0.1, -0.05) is 11.6 Å². The third kappa shape index (κ3) is 5.45. The molecular formula is C20H29N3O. The van der Waals surface area contributed by atoms with Gasteiger partial charge in [0, 0.05) is 31.9 Å². The summed E-state index contributed by atoms with van der Waals surface area (Å²) >= 11 is 0. The zero-order valence-corrected chi connectivity index (χ0v) is 14.5. The molecule has 4 nitrogen and oxygen atoms in total. The molecule has 3 rings (SSSR count). The van der Waals surface area contributed by atoms with E-state index in [1.165, 1.54) is 36.8 Å². The van der Waals surface area contributed by atoms with Gasteiger partial charge in [0.1, 0.15) is 0 Å². The molecule has 0 atom stereocenters. The Kier molecular flexibility index (Phi) is 6.41. The predicted molar refractivity (Wildman–Crippen MR) is 96.4 cm³/mol. The number of carbonyl (C=O) groups is 1. The van der Waals surface area contributed by atoms with Crippen LogP contribution < -0.4 is 5.32 Å². The van der Waals surface area contributed by atoms with Gasteiger partial charge >= 0.3 is 0 Å². The smallest absolute Gasteiger partial charge is 0.224 e. The molecule has 0 unspecified atom stereocenters. The van der Waals surface area contributed by atoms with E-state index in [4.69, 9.17) is 0 Å². The van der Waals surface area contributed by atoms with E-state index in [2.05, 4.69) is 33.4 Å². The second kappa shape index (κ2) is 8.97. The normalized spacial score (nSPS) is 19.8. The van der Waals surface area contributed by atoms with Gasteiger partial charge in [-0.3, -0.25) is 14.7 Å². The van der Waals surface area contributed by atoms with Gasteiger partial charge in [-0.15, -0.1) is 0 Å². The molecule has 2 heterocycles. The first-order valence-electron chi connectivity index (χ1n) is 9.35. The lowest BCUT2D eigenvalue weighted by Gasteiger charge is -2.32. The van der Waals surface area contributed by atoms with Crippen molar-refractivity contribution in [1.29, 1.82) is 0 Å². The van der Waals surface area contributed by atoms with Gasteiger partial charge in [-0.25, -0.2) is 0 Å². The predicted octanol–water partition coefficient (Wildman–Crippen LogP) is 3.30. The molecule has 0 aromatic carbocycles. The number of aromatic nitrogens is 1. The standard InChI is InChI=1S/C20H29N3O/c24-20(14-17-4-2-1-3-5-17)22-15-18-8-12-23(13-9-18)16-19-6-10-21-11-7-19/h4,6-7,10-11,18H,1-3,5,8-9,12-16H2,(H,22,24). The number of nitrogens with zero attached hydrogens (tertiary/aromatic N) is 2. The highest BCUT2D eigenvalue weighted by Gasteiger charge is 2.20. The van der Waals surface area contributed by atoms with E-state index in [1.54, 1.807) is 0 Å². The van der Waals surface area contributed by atoms with Crippen LogP contribution in [0.1, 0.15) is 50.5 Å². The quantitative estimate of drug-likeness (QED) is 0.816. The molecular weight excluding hydrogens is 298 g/mol. The van der Waals surface area contributed by atoms with Crippen LogP contribution in [-0.4, -0.2) is 35.4 Å². The number of carbonyl (C=O) groups excluding carboxylic acids is 1. The van der Waals surface area contributed by atoms with Gasteiger partial charge < -0.3 is 5.32 Å². The van der Waals surface area contributed by atoms with Gasteiger partial charge in [0.05, 0.1) is 0 Å². The summed E-state index contributed by atoms with van der Waals surface area (Å²) in [5.74, 6) is 0.838. The molecule has 1 aliphatic heterocycles. The van der Waals surface area contributed by atoms with Crippen LogP contribution in [0.2, 0.25) is 0 Å². The number of hydrogen-bond acceptors (Lipinski definition) is 3. The molecule has 130 valence electrons. The van der Waals surface area contributed by atoms with Crippen molar-refractivity contribution < 1.29 is 4.79 Å². The van der Waals surface area contributed by atoms with E-state index >= 15 is 0 Å². The maximum atomic E-state index is 12.1. The number of piperidine rings is 1. The van der Waals surface area contributed by atoms with E-state index in [0.717, 1.165) is 39.0 Å². The van der Waals surface area contributed by atoms with Crippen LogP contribution in [-0.2, 0) is 11.3 Å². The van der Waals surface area contributed by atoms with Gasteiger partial charge in [0.15, 0.2) is 0 Å². The molecule has 1 aromatic heterocycles. The SMILES string of the molecule is O=C(CC1=CCCCC1)NCC1CCN(Cc2ccncc2)CC1. The first-order chi connectivity index (χ1) is 11.8. The molecule has 1 saturated heterocycles. The highest BCUT2D eigenvalue weighted by atomic mass is 16.1. The van der Waals surface area contributed by atoms with Crippen LogP contribution >= 0.6 is 0 Å². The summed E-state index contributed by atoms with van der Waals surface area (Å²) in [5, 5.41) is 3.16. The van der Waals surface area contributed by atoms with Crippen molar-refractivity contribution in [1.82, 2.24) is 15.2 Å². The molecule has 1 amide bonds. The minimum atomic E-state index is 0.211. The van der Waals surface area contributed by atoms with E-state index in [-0.39, 0.29) is 5.91 Å². The van der Waals surface area contributed by atoms with Crippen molar-refractivity contribution >= 4 is 5.91 Å². The highest BCUT2D eigenvalue weighted by molar-refractivity contribution is 5.78. The topological polar surface area (TPSA) is 45.2 Å². The van der Waals surface area contributed by atoms with Crippen LogP contribution in [0.25, 0.3) is 0 Å². The summed E-state index contributed by atoms with van der Waals surface area (Å²) in [6, 6.07) is 4.18. The van der Waals surface area contributed by atoms with Gasteiger partial charge in [-0.2, -0.15) is 0 Å². The number of pyridine rings is 1. The van der Waals surface area contributed by atoms with Crippen molar-refractivity contribution in [3.63, 3.8) is 0 Å². The minimum Gasteiger partial charge on any atom is -0.356 e. The number of rotatable bonds is 6. The maximum absolute atomic E-state index is 12.1. The van der Waals surface area contributed by atoms with Crippen molar-refractivity contribution in [3.8, 4) is 0 Å². The minimum absolute atomic E-state index is 0.211. The van der Waals surface area contributed by atoms with Crippen molar-refractivity contribution in [3.05, 3.63) is 41.7 Å². The fraction of sp³-hybridized carbons (Fsp3) is 0.600. The van der Waals surface area contributed by atoms with Crippen LogP contribution in [0.5, 0.6) is 0 Å². The Balaban J connectivity index is 1.33. The Hall–Kier alpha value is -1.68. The molecule has 0 spiro atoms. The number of allylic oxidation sites excluding steroid dienone is 1. The zero-order valence-electron chi connectivity index (χ0n) is 14.5. The summed E-state index contributed by atoms with van der Waals surface area (Å²) < 4.78 is 0. The van der Waals surface area contributed by atoms with Crippen LogP contribution in [0.3, 0.4) is 0 Å². The summed E-state index contributed by atoms with van der Waals surface area (Å²) in [5.41, 5.74) is 2.67. The van der Waals surface area contributed by atoms with E-state index in [0.29, 0.717) is 12.3 Å². The Morgan fingerprint density at radius 3 is 2.71 bits per heavy atom. The second-order valence-electron chi connectivity index (χ2n) is 7.16. The summed E-state index contributed by atoms with van der Waals surface area (Å²) in [4.78, 5) is 18.7. The average molecular weight is 327 g/mol. The summed E-state index contributed by atoms with van der Waals surface area (Å²) in [6.45, 7) is 4.09. The Labute approximate surface area is 145 Å². The average Bonchev–Trinajstić information content (AvgIpc) is 2.63. The maximum Gasteiger partial charge on any atom is 0.224 e. The van der Waals surface area contributed by atoms with Crippen LogP contribution in [0, 0.1) is 5.92 Å². The summed E-state index contributed by atoms with van der Waals surface area (Å²) in [6.07, 6.45) is 13.7. The number of amides is 1. The molecule has 0 saturated carbocycles. The first kappa shape index (κ1) is 17.2. The van der Waals surface area contributed by atoms with E-state index in [9.17, 15) is 4.79 Å². The molecule has 24 heavy (non-hydrogen) atoms. The number of likely N-dealkylation sites (tertiary alicyclic amines) is 1. The molecule has 0 radical (unpaired) electrons. The second-order valence-corrected chi connectivity index (χ2v) is 7.16. The highest BCUT2D eigenvalue weighted by Crippen LogP contribution is 2.21. The van der Waals surface area contributed by atoms with Gasteiger partial charge in [-0.05, 0) is 75.2 Å². The molecule has 1 fully saturated rings. The lowest BCUT2D eigenvalue weighted by atomic mass is 9.95. The Morgan fingerprint density at radius 2 is 2.00 bits per heavy atom. The van der Waals surface area contributed by atoms with Gasteiger partial charge in [0.25, 0.3) is 0 Å². The number of nitrogens with one attached hydrogen (secondary N) is 1. The van der Waals surface area contributed by atoms with E-state index in [1.807, 2.05) is 12.4 Å². The molecule has 1 aliphatic carbocycles. The zero-order chi connectivity index (χ0) is 16.6. The fourth-order valence-corrected chi connectivity index (χ4v) is 3.69. The first-order valence-corrected chi connectivity index (χ1v) is 9.35. The largest absolute Gasteiger partial charge is 0.356 e.